The van der Waals surface area contributed by atoms with Crippen LogP contribution in [-0.2, 0) is 12.7 Å². The zero-order chi connectivity index (χ0) is 28.3. The molecule has 5 nitrogen and oxygen atoms in total. The summed E-state index contributed by atoms with van der Waals surface area (Å²) in [6.45, 7) is 9.92. The van der Waals surface area contributed by atoms with Crippen molar-refractivity contribution in [1.29, 1.82) is 0 Å². The van der Waals surface area contributed by atoms with Crippen molar-refractivity contribution in [3.05, 3.63) is 88.3 Å². The van der Waals surface area contributed by atoms with E-state index < -0.39 is 23.1 Å². The van der Waals surface area contributed by atoms with Crippen LogP contribution in [0.25, 0.3) is 22.1 Å². The maximum absolute atomic E-state index is 14.2. The van der Waals surface area contributed by atoms with Crippen molar-refractivity contribution in [3.63, 3.8) is 0 Å². The number of halogens is 3. The molecule has 206 valence electrons. The Morgan fingerprint density at radius 3 is 2.03 bits per heavy atom. The number of hydrogen-bond acceptors (Lipinski definition) is 4. The third-order valence-corrected chi connectivity index (χ3v) is 6.36. The van der Waals surface area contributed by atoms with E-state index in [0.717, 1.165) is 29.1 Å². The molecule has 0 aliphatic heterocycles. The van der Waals surface area contributed by atoms with E-state index >= 15 is 0 Å². The lowest BCUT2D eigenvalue weighted by Crippen LogP contribution is -3.11. The van der Waals surface area contributed by atoms with Crippen LogP contribution in [-0.4, -0.2) is 18.2 Å². The van der Waals surface area contributed by atoms with Gasteiger partial charge in [0.25, 0.3) is 5.76 Å². The number of ether oxygens (including phenoxy) is 1. The highest BCUT2D eigenvalue weighted by molar-refractivity contribution is 5.83. The number of benzene rings is 3. The number of fused-ring (bicyclic) bond motifs is 1. The van der Waals surface area contributed by atoms with Gasteiger partial charge in [0.15, 0.2) is 5.58 Å². The van der Waals surface area contributed by atoms with Crippen molar-refractivity contribution in [1.82, 2.24) is 0 Å². The Labute approximate surface area is 225 Å². The number of phenols is 1. The fourth-order valence-electron chi connectivity index (χ4n) is 4.83. The number of alkyl halides is 3. The highest BCUT2D eigenvalue weighted by Gasteiger charge is 2.41. The maximum atomic E-state index is 14.2. The lowest BCUT2D eigenvalue weighted by molar-refractivity contribution is -0.919. The average Bonchev–Trinajstić information content (AvgIpc) is 2.86. The van der Waals surface area contributed by atoms with Gasteiger partial charge in [-0.1, -0.05) is 70.2 Å². The van der Waals surface area contributed by atoms with Crippen LogP contribution in [0, 0.1) is 11.8 Å². The van der Waals surface area contributed by atoms with Crippen molar-refractivity contribution in [2.75, 3.05) is 13.1 Å². The molecule has 0 aliphatic rings. The Morgan fingerprint density at radius 2 is 1.46 bits per heavy atom. The molecule has 0 aliphatic carbocycles. The first-order chi connectivity index (χ1) is 18.4. The largest absolute Gasteiger partial charge is 0.507 e. The lowest BCUT2D eigenvalue weighted by atomic mass is 10.1. The summed E-state index contributed by atoms with van der Waals surface area (Å²) in [6, 6.07) is 18.5. The van der Waals surface area contributed by atoms with Gasteiger partial charge in [-0.25, -0.2) is 0 Å². The van der Waals surface area contributed by atoms with Crippen LogP contribution in [0.2, 0.25) is 0 Å². The molecule has 0 fully saturated rings. The van der Waals surface area contributed by atoms with E-state index in [2.05, 4.69) is 27.7 Å². The van der Waals surface area contributed by atoms with Crippen molar-refractivity contribution >= 4 is 11.0 Å². The Kier molecular flexibility index (Phi) is 8.35. The van der Waals surface area contributed by atoms with E-state index in [1.165, 1.54) is 24.3 Å². The van der Waals surface area contributed by atoms with Crippen molar-refractivity contribution < 1.29 is 32.3 Å². The Morgan fingerprint density at radius 1 is 0.872 bits per heavy atom. The van der Waals surface area contributed by atoms with E-state index in [4.69, 9.17) is 9.15 Å². The van der Waals surface area contributed by atoms with Crippen LogP contribution in [0.4, 0.5) is 13.2 Å². The predicted octanol–water partition coefficient (Wildman–Crippen LogP) is 6.67. The molecule has 4 aromatic rings. The molecule has 2 N–H and O–H groups in total. The molecule has 1 aromatic heterocycles. The normalized spacial score (nSPS) is 12.2. The summed E-state index contributed by atoms with van der Waals surface area (Å²) in [6.07, 6.45) is -5.00. The average molecular weight is 541 g/mol. The van der Waals surface area contributed by atoms with Gasteiger partial charge in [0, 0.05) is 11.8 Å². The van der Waals surface area contributed by atoms with Gasteiger partial charge in [-0.3, -0.25) is 4.79 Å². The topological polar surface area (TPSA) is 64.1 Å². The summed E-state index contributed by atoms with van der Waals surface area (Å²) in [4.78, 5) is 14.5. The smallest absolute Gasteiger partial charge is 0.453 e. The van der Waals surface area contributed by atoms with Crippen LogP contribution in [0.15, 0.2) is 75.9 Å². The van der Waals surface area contributed by atoms with Crippen LogP contribution in [0.1, 0.15) is 39.0 Å². The lowest BCUT2D eigenvalue weighted by Gasteiger charge is -2.24. The van der Waals surface area contributed by atoms with Gasteiger partial charge >= 0.3 is 6.18 Å². The minimum absolute atomic E-state index is 0.0651. The van der Waals surface area contributed by atoms with E-state index in [9.17, 15) is 23.1 Å². The summed E-state index contributed by atoms with van der Waals surface area (Å²) >= 11 is 0. The highest BCUT2D eigenvalue weighted by atomic mass is 19.4. The first-order valence-electron chi connectivity index (χ1n) is 13.0. The van der Waals surface area contributed by atoms with E-state index in [1.54, 1.807) is 12.1 Å². The van der Waals surface area contributed by atoms with Gasteiger partial charge in [0.2, 0.25) is 11.2 Å². The van der Waals surface area contributed by atoms with Gasteiger partial charge in [0.1, 0.15) is 18.0 Å². The fraction of sp³-hybridized carbons (Fsp3) is 0.323. The molecule has 39 heavy (non-hydrogen) atoms. The number of nitrogens with one attached hydrogen (secondary N) is 1. The van der Waals surface area contributed by atoms with Crippen molar-refractivity contribution in [2.24, 2.45) is 11.8 Å². The molecular weight excluding hydrogens is 507 g/mol. The van der Waals surface area contributed by atoms with Crippen LogP contribution in [0.3, 0.4) is 0 Å². The second-order valence-corrected chi connectivity index (χ2v) is 10.6. The molecule has 4 rings (SSSR count). The minimum Gasteiger partial charge on any atom is -0.507 e. The molecule has 0 unspecified atom stereocenters. The van der Waals surface area contributed by atoms with Gasteiger partial charge in [-0.2, -0.15) is 13.2 Å². The third-order valence-electron chi connectivity index (χ3n) is 6.36. The Balaban J connectivity index is 1.79. The van der Waals surface area contributed by atoms with Gasteiger partial charge in [0.05, 0.1) is 24.0 Å². The summed E-state index contributed by atoms with van der Waals surface area (Å²) in [5.41, 5.74) is 0.726. The molecule has 8 heteroatoms. The Hall–Kier alpha value is -3.78. The van der Waals surface area contributed by atoms with Crippen molar-refractivity contribution in [2.45, 2.75) is 40.4 Å². The van der Waals surface area contributed by atoms with Crippen LogP contribution in [0.5, 0.6) is 17.2 Å². The van der Waals surface area contributed by atoms with E-state index in [-0.39, 0.29) is 34.6 Å². The number of quaternary nitrogens is 1. The first-order valence-corrected chi connectivity index (χ1v) is 13.0. The van der Waals surface area contributed by atoms with Crippen molar-refractivity contribution in [3.8, 4) is 28.4 Å². The molecule has 0 spiro atoms. The number of phenolic OH excluding ortho intramolecular Hbond substituents is 1. The standard InChI is InChI=1S/C31H32F3NO4/c1-19(2)16-35(17-20(3)4)18-25-26(36)15-14-24-27(37)29(30(31(32,33)34)39-28(24)25)38-23-12-10-22(11-13-23)21-8-6-5-7-9-21/h5-15,19-20,36H,16-18H2,1-4H3/p+1. The van der Waals surface area contributed by atoms with Gasteiger partial charge in [-0.05, 0) is 35.4 Å². The number of rotatable bonds is 9. The number of aromatic hydroxyl groups is 1. The van der Waals surface area contributed by atoms with E-state index in [0.29, 0.717) is 11.8 Å². The summed E-state index contributed by atoms with van der Waals surface area (Å²) in [7, 11) is 0. The highest BCUT2D eigenvalue weighted by Crippen LogP contribution is 2.40. The second-order valence-electron chi connectivity index (χ2n) is 10.6. The zero-order valence-electron chi connectivity index (χ0n) is 22.4. The Bertz CT molecular complexity index is 1470. The van der Waals surface area contributed by atoms with Gasteiger partial charge < -0.3 is 19.2 Å². The van der Waals surface area contributed by atoms with Crippen LogP contribution < -0.4 is 15.1 Å². The fourth-order valence-corrected chi connectivity index (χ4v) is 4.83. The zero-order valence-corrected chi connectivity index (χ0v) is 22.4. The molecule has 3 aromatic carbocycles. The monoisotopic (exact) mass is 540 g/mol. The van der Waals surface area contributed by atoms with E-state index in [1.807, 2.05) is 30.3 Å². The molecule has 1 heterocycles. The number of hydrogen-bond donors (Lipinski definition) is 2. The minimum atomic E-state index is -5.00. The molecular formula is C31H33F3NO4+. The molecule has 0 radical (unpaired) electrons. The van der Waals surface area contributed by atoms with Gasteiger partial charge in [-0.15, -0.1) is 0 Å². The molecule has 0 saturated carbocycles. The molecule has 0 amide bonds. The summed E-state index contributed by atoms with van der Waals surface area (Å²) < 4.78 is 53.5. The molecule has 0 saturated heterocycles. The quantitative estimate of drug-likeness (QED) is 0.249. The molecule has 0 atom stereocenters. The summed E-state index contributed by atoms with van der Waals surface area (Å²) in [5, 5.41) is 10.6. The van der Waals surface area contributed by atoms with Crippen LogP contribution >= 0.6 is 0 Å². The second kappa shape index (κ2) is 11.5. The third kappa shape index (κ3) is 6.63. The maximum Gasteiger partial charge on any atom is 0.453 e. The summed E-state index contributed by atoms with van der Waals surface area (Å²) in [5.74, 6) is -1.98. The molecule has 0 bridgehead atoms. The predicted molar refractivity (Wildman–Crippen MR) is 145 cm³/mol. The first kappa shape index (κ1) is 28.2. The SMILES string of the molecule is CC(C)C[NH+](Cc1c(O)ccc2c(=O)c(Oc3ccc(-c4ccccc4)cc3)c(C(F)(F)F)oc12)CC(C)C.